The summed E-state index contributed by atoms with van der Waals surface area (Å²) in [6, 6.07) is -1.01. The molecule has 0 spiro atoms. The average molecular weight is 369 g/mol. The molecule has 2 rings (SSSR count). The SMILES string of the molecule is C=C(C)C(=O)NCc1cn([C@@H]2O[C@H](CO)[C@@H](O)[C@H](O)[C@H]2NC(C)=O)nn1. The normalized spacial score (nSPS) is 28.4. The molecule has 2 amide bonds. The highest BCUT2D eigenvalue weighted by Crippen LogP contribution is 2.28. The maximum Gasteiger partial charge on any atom is 0.246 e. The van der Waals surface area contributed by atoms with Crippen LogP contribution in [0.1, 0.15) is 25.8 Å². The standard InChI is InChI=1S/C15H23N5O6/c1-7(2)14(25)16-4-9-5-20(19-18-9)15-11(17-8(3)22)13(24)12(23)10(6-21)26-15/h5,10-13,15,21,23-24H,1,4,6H2,2-3H3,(H,16,25)(H,17,22)/t10-,11-,12-,13-,15-/m1/s1. The van der Waals surface area contributed by atoms with Crippen LogP contribution in [-0.4, -0.2) is 73.1 Å². The van der Waals surface area contributed by atoms with Gasteiger partial charge in [0.15, 0.2) is 6.23 Å². The first-order chi connectivity index (χ1) is 12.2. The highest BCUT2D eigenvalue weighted by molar-refractivity contribution is 5.91. The van der Waals surface area contributed by atoms with Gasteiger partial charge in [0, 0.05) is 12.5 Å². The number of ether oxygens (including phenoxy) is 1. The van der Waals surface area contributed by atoms with E-state index < -0.39 is 43.1 Å². The smallest absolute Gasteiger partial charge is 0.246 e. The lowest BCUT2D eigenvalue weighted by Gasteiger charge is -2.42. The molecule has 0 unspecified atom stereocenters. The molecule has 0 aromatic carbocycles. The predicted octanol–water partition coefficient (Wildman–Crippen LogP) is -2.41. The average Bonchev–Trinajstić information content (AvgIpc) is 3.05. The summed E-state index contributed by atoms with van der Waals surface area (Å²) >= 11 is 0. The van der Waals surface area contributed by atoms with E-state index in [1.807, 2.05) is 0 Å². The van der Waals surface area contributed by atoms with Crippen LogP contribution in [0.2, 0.25) is 0 Å². The molecule has 1 fully saturated rings. The minimum atomic E-state index is -1.38. The van der Waals surface area contributed by atoms with Crippen molar-refractivity contribution < 1.29 is 29.6 Å². The highest BCUT2D eigenvalue weighted by atomic mass is 16.5. The summed E-state index contributed by atoms with van der Waals surface area (Å²) in [7, 11) is 0. The van der Waals surface area contributed by atoms with Gasteiger partial charge in [-0.25, -0.2) is 4.68 Å². The number of hydrogen-bond donors (Lipinski definition) is 5. The summed E-state index contributed by atoms with van der Waals surface area (Å²) in [5, 5.41) is 42.5. The van der Waals surface area contributed by atoms with E-state index in [0.29, 0.717) is 11.3 Å². The van der Waals surface area contributed by atoms with Gasteiger partial charge in [0.25, 0.3) is 0 Å². The summed E-state index contributed by atoms with van der Waals surface area (Å²) in [5.74, 6) is -0.769. The van der Waals surface area contributed by atoms with Crippen LogP contribution in [0.25, 0.3) is 0 Å². The van der Waals surface area contributed by atoms with E-state index in [1.54, 1.807) is 6.92 Å². The van der Waals surface area contributed by atoms with Gasteiger partial charge in [0.1, 0.15) is 30.0 Å². The quantitative estimate of drug-likeness (QED) is 0.347. The lowest BCUT2D eigenvalue weighted by atomic mass is 9.96. The fourth-order valence-corrected chi connectivity index (χ4v) is 2.56. The van der Waals surface area contributed by atoms with Crippen LogP contribution in [0.5, 0.6) is 0 Å². The number of carbonyl (C=O) groups excluding carboxylic acids is 2. The molecule has 1 aliphatic heterocycles. The highest BCUT2D eigenvalue weighted by Gasteiger charge is 2.46. The molecule has 11 heteroatoms. The second-order valence-electron chi connectivity index (χ2n) is 6.11. The number of rotatable bonds is 6. The number of hydrogen-bond acceptors (Lipinski definition) is 8. The monoisotopic (exact) mass is 369 g/mol. The van der Waals surface area contributed by atoms with Gasteiger partial charge in [-0.15, -0.1) is 5.10 Å². The van der Waals surface area contributed by atoms with Gasteiger partial charge in [0.2, 0.25) is 11.8 Å². The van der Waals surface area contributed by atoms with Gasteiger partial charge in [-0.3, -0.25) is 9.59 Å². The molecule has 0 bridgehead atoms. The lowest BCUT2D eigenvalue weighted by Crippen LogP contribution is -2.62. The van der Waals surface area contributed by atoms with Crippen molar-refractivity contribution in [2.45, 2.75) is 51.0 Å². The van der Waals surface area contributed by atoms with Crippen LogP contribution in [0.15, 0.2) is 18.3 Å². The number of amides is 2. The minimum absolute atomic E-state index is 0.0951. The van der Waals surface area contributed by atoms with E-state index in [1.165, 1.54) is 17.8 Å². The van der Waals surface area contributed by atoms with Crippen molar-refractivity contribution in [3.05, 3.63) is 24.0 Å². The Bertz CT molecular complexity index is 677. The van der Waals surface area contributed by atoms with E-state index >= 15 is 0 Å². The maximum atomic E-state index is 11.5. The summed E-state index contributed by atoms with van der Waals surface area (Å²) < 4.78 is 6.83. The Morgan fingerprint density at radius 3 is 2.62 bits per heavy atom. The van der Waals surface area contributed by atoms with E-state index in [4.69, 9.17) is 4.74 Å². The molecule has 1 aromatic rings. The maximum absolute atomic E-state index is 11.5. The van der Waals surface area contributed by atoms with Crippen LogP contribution < -0.4 is 10.6 Å². The summed E-state index contributed by atoms with van der Waals surface area (Å²) in [6.07, 6.45) is -3.36. The van der Waals surface area contributed by atoms with E-state index in [-0.39, 0.29) is 12.5 Å². The van der Waals surface area contributed by atoms with Crippen molar-refractivity contribution in [1.29, 1.82) is 0 Å². The van der Waals surface area contributed by atoms with Crippen molar-refractivity contribution >= 4 is 11.8 Å². The second-order valence-corrected chi connectivity index (χ2v) is 6.11. The molecular weight excluding hydrogens is 346 g/mol. The first-order valence-electron chi connectivity index (χ1n) is 7.98. The van der Waals surface area contributed by atoms with Gasteiger partial charge in [-0.2, -0.15) is 0 Å². The van der Waals surface area contributed by atoms with Crippen LogP contribution in [0.4, 0.5) is 0 Å². The number of carbonyl (C=O) groups is 2. The zero-order valence-electron chi connectivity index (χ0n) is 14.5. The minimum Gasteiger partial charge on any atom is -0.394 e. The largest absolute Gasteiger partial charge is 0.394 e. The van der Waals surface area contributed by atoms with E-state index in [2.05, 4.69) is 27.5 Å². The number of nitrogens with one attached hydrogen (secondary N) is 2. The molecule has 26 heavy (non-hydrogen) atoms. The zero-order chi connectivity index (χ0) is 19.4. The summed E-state index contributed by atoms with van der Waals surface area (Å²) in [6.45, 7) is 5.92. The lowest BCUT2D eigenvalue weighted by molar-refractivity contribution is -0.219. The third-order valence-corrected chi connectivity index (χ3v) is 3.91. The molecule has 0 aliphatic carbocycles. The molecule has 0 saturated carbocycles. The van der Waals surface area contributed by atoms with Gasteiger partial charge >= 0.3 is 0 Å². The Morgan fingerprint density at radius 2 is 2.04 bits per heavy atom. The molecule has 1 aromatic heterocycles. The number of nitrogens with zero attached hydrogens (tertiary/aromatic N) is 3. The van der Waals surface area contributed by atoms with Crippen LogP contribution >= 0.6 is 0 Å². The van der Waals surface area contributed by atoms with Gasteiger partial charge in [-0.1, -0.05) is 11.8 Å². The molecule has 0 radical (unpaired) electrons. The van der Waals surface area contributed by atoms with Gasteiger partial charge in [0.05, 0.1) is 19.3 Å². The summed E-state index contributed by atoms with van der Waals surface area (Å²) in [4.78, 5) is 23.0. The molecule has 1 aliphatic rings. The Labute approximate surface area is 149 Å². The van der Waals surface area contributed by atoms with E-state index in [9.17, 15) is 24.9 Å². The Morgan fingerprint density at radius 1 is 1.35 bits per heavy atom. The van der Waals surface area contributed by atoms with Crippen molar-refractivity contribution in [3.8, 4) is 0 Å². The number of aliphatic hydroxyl groups is 3. The Balaban J connectivity index is 2.18. The zero-order valence-corrected chi connectivity index (χ0v) is 14.5. The molecule has 144 valence electrons. The van der Waals surface area contributed by atoms with Crippen LogP contribution in [0, 0.1) is 0 Å². The molecule has 5 N–H and O–H groups in total. The Hall–Kier alpha value is -2.34. The molecular formula is C15H23N5O6. The molecule has 1 saturated heterocycles. The fourth-order valence-electron chi connectivity index (χ4n) is 2.56. The van der Waals surface area contributed by atoms with Crippen molar-refractivity contribution in [1.82, 2.24) is 25.6 Å². The molecule has 11 nitrogen and oxygen atoms in total. The first kappa shape index (κ1) is 20.0. The van der Waals surface area contributed by atoms with Gasteiger partial charge in [-0.05, 0) is 6.92 Å². The molecule has 2 heterocycles. The number of aromatic nitrogens is 3. The fraction of sp³-hybridized carbons (Fsp3) is 0.600. The van der Waals surface area contributed by atoms with Gasteiger partial charge < -0.3 is 30.7 Å². The van der Waals surface area contributed by atoms with Crippen LogP contribution in [-0.2, 0) is 20.9 Å². The predicted molar refractivity (Wildman–Crippen MR) is 87.3 cm³/mol. The number of aliphatic hydroxyl groups excluding tert-OH is 3. The third-order valence-electron chi connectivity index (χ3n) is 3.91. The van der Waals surface area contributed by atoms with Crippen molar-refractivity contribution in [2.24, 2.45) is 0 Å². The first-order valence-corrected chi connectivity index (χ1v) is 7.98. The topological polar surface area (TPSA) is 159 Å². The molecule has 5 atom stereocenters. The van der Waals surface area contributed by atoms with Crippen molar-refractivity contribution in [2.75, 3.05) is 6.61 Å². The van der Waals surface area contributed by atoms with E-state index in [0.717, 1.165) is 0 Å². The Kier molecular flexibility index (Phi) is 6.42. The third kappa shape index (κ3) is 4.43. The summed E-state index contributed by atoms with van der Waals surface area (Å²) in [5.41, 5.74) is 0.757. The second kappa shape index (κ2) is 8.36. The van der Waals surface area contributed by atoms with Crippen LogP contribution in [0.3, 0.4) is 0 Å². The van der Waals surface area contributed by atoms with Crippen molar-refractivity contribution in [3.63, 3.8) is 0 Å².